The molecule has 0 aliphatic rings. The van der Waals surface area contributed by atoms with Gasteiger partial charge in [-0.15, -0.1) is 0 Å². The molecular weight excluding hydrogens is 160 g/mol. The summed E-state index contributed by atoms with van der Waals surface area (Å²) in [7, 11) is 0. The van der Waals surface area contributed by atoms with E-state index in [9.17, 15) is 4.79 Å². The average molecular weight is 180 g/mol. The van der Waals surface area contributed by atoms with Crippen molar-refractivity contribution in [2.24, 2.45) is 0 Å². The average Bonchev–Trinajstić information content (AvgIpc) is 2.09. The van der Waals surface area contributed by atoms with E-state index < -0.39 is 0 Å². The summed E-state index contributed by atoms with van der Waals surface area (Å²) in [5.41, 5.74) is 0. The van der Waals surface area contributed by atoms with Crippen molar-refractivity contribution >= 4 is 5.78 Å². The van der Waals surface area contributed by atoms with Gasteiger partial charge in [-0.3, -0.25) is 0 Å². The molecule has 13 heavy (non-hydrogen) atoms. The number of carbonyl (C=O) groups excluding carboxylic acids is 1. The van der Waals surface area contributed by atoms with Crippen molar-refractivity contribution in [3.63, 3.8) is 0 Å². The zero-order valence-electron chi connectivity index (χ0n) is 8.75. The van der Waals surface area contributed by atoms with E-state index in [0.717, 1.165) is 32.1 Å². The van der Waals surface area contributed by atoms with E-state index in [4.69, 9.17) is 0 Å². The topological polar surface area (TPSA) is 17.1 Å². The Balaban J connectivity index is 3.22. The lowest BCUT2D eigenvalue weighted by atomic mass is 10.2. The van der Waals surface area contributed by atoms with Crippen LogP contribution in [0.3, 0.4) is 0 Å². The standard InChI is InChI=1S/C12H20O/c1-3-4-5-6-7-8-9-10-11-12(2)13/h4-5,7-8H,3,6,9-11H2,1-2H3/b5-4-,8-7-. The van der Waals surface area contributed by atoms with Gasteiger partial charge in [0.25, 0.3) is 0 Å². The van der Waals surface area contributed by atoms with E-state index in [2.05, 4.69) is 31.2 Å². The fourth-order valence-corrected chi connectivity index (χ4v) is 1.02. The molecule has 0 fully saturated rings. The van der Waals surface area contributed by atoms with Crippen molar-refractivity contribution in [3.05, 3.63) is 24.3 Å². The van der Waals surface area contributed by atoms with Crippen LogP contribution in [0.15, 0.2) is 24.3 Å². The number of carbonyl (C=O) groups is 1. The summed E-state index contributed by atoms with van der Waals surface area (Å²) in [6.07, 6.45) is 13.5. The number of hydrogen-bond donors (Lipinski definition) is 0. The molecule has 1 nitrogen and oxygen atoms in total. The van der Waals surface area contributed by atoms with Crippen molar-refractivity contribution in [2.45, 2.75) is 46.0 Å². The van der Waals surface area contributed by atoms with E-state index in [-0.39, 0.29) is 0 Å². The Labute approximate surface area is 81.5 Å². The molecule has 0 aromatic heterocycles. The molecule has 0 spiro atoms. The second-order valence-corrected chi connectivity index (χ2v) is 3.18. The smallest absolute Gasteiger partial charge is 0.129 e. The van der Waals surface area contributed by atoms with Crippen LogP contribution >= 0.6 is 0 Å². The largest absolute Gasteiger partial charge is 0.300 e. The molecule has 0 atom stereocenters. The summed E-state index contributed by atoms with van der Waals surface area (Å²) >= 11 is 0. The molecular formula is C12H20O. The summed E-state index contributed by atoms with van der Waals surface area (Å²) in [6.45, 7) is 3.78. The van der Waals surface area contributed by atoms with Crippen LogP contribution in [0, 0.1) is 0 Å². The molecule has 0 aromatic rings. The molecule has 0 amide bonds. The summed E-state index contributed by atoms with van der Waals surface area (Å²) in [5.74, 6) is 0.291. The molecule has 0 aliphatic carbocycles. The number of unbranched alkanes of at least 4 members (excludes halogenated alkanes) is 1. The molecule has 0 saturated carbocycles. The predicted octanol–water partition coefficient (Wildman–Crippen LogP) is 3.66. The van der Waals surface area contributed by atoms with Gasteiger partial charge in [-0.1, -0.05) is 31.2 Å². The second-order valence-electron chi connectivity index (χ2n) is 3.18. The van der Waals surface area contributed by atoms with Crippen molar-refractivity contribution in [2.75, 3.05) is 0 Å². The molecule has 0 unspecified atom stereocenters. The SMILES string of the molecule is CC/C=C\C/C=C\CCCC(C)=O. The summed E-state index contributed by atoms with van der Waals surface area (Å²) in [6, 6.07) is 0. The van der Waals surface area contributed by atoms with Gasteiger partial charge in [0.15, 0.2) is 0 Å². The quantitative estimate of drug-likeness (QED) is 0.431. The number of ketones is 1. The lowest BCUT2D eigenvalue weighted by Crippen LogP contribution is -1.87. The van der Waals surface area contributed by atoms with Crippen molar-refractivity contribution in [1.82, 2.24) is 0 Å². The predicted molar refractivity (Wildman–Crippen MR) is 57.7 cm³/mol. The monoisotopic (exact) mass is 180 g/mol. The summed E-state index contributed by atoms with van der Waals surface area (Å²) < 4.78 is 0. The normalized spacial score (nSPS) is 11.5. The first-order valence-corrected chi connectivity index (χ1v) is 5.06. The number of rotatable bonds is 7. The second kappa shape index (κ2) is 9.24. The van der Waals surface area contributed by atoms with Crippen molar-refractivity contribution in [1.29, 1.82) is 0 Å². The summed E-state index contributed by atoms with van der Waals surface area (Å²) in [4.78, 5) is 10.6. The third-order valence-corrected chi connectivity index (χ3v) is 1.74. The van der Waals surface area contributed by atoms with Gasteiger partial charge in [0.05, 0.1) is 0 Å². The molecule has 0 radical (unpaired) electrons. The minimum Gasteiger partial charge on any atom is -0.300 e. The van der Waals surface area contributed by atoms with E-state index in [1.807, 2.05) is 0 Å². The third kappa shape index (κ3) is 11.1. The molecule has 0 saturated heterocycles. The Morgan fingerprint density at radius 1 is 1.15 bits per heavy atom. The van der Waals surface area contributed by atoms with Gasteiger partial charge in [-0.2, -0.15) is 0 Å². The minimum atomic E-state index is 0.291. The van der Waals surface area contributed by atoms with Crippen LogP contribution in [-0.4, -0.2) is 5.78 Å². The van der Waals surface area contributed by atoms with Crippen LogP contribution in [-0.2, 0) is 4.79 Å². The Hall–Kier alpha value is -0.850. The van der Waals surface area contributed by atoms with E-state index >= 15 is 0 Å². The maximum atomic E-state index is 10.6. The zero-order chi connectivity index (χ0) is 9.94. The molecule has 0 aromatic carbocycles. The van der Waals surface area contributed by atoms with Gasteiger partial charge < -0.3 is 4.79 Å². The number of hydrogen-bond acceptors (Lipinski definition) is 1. The Morgan fingerprint density at radius 2 is 1.85 bits per heavy atom. The first-order valence-electron chi connectivity index (χ1n) is 5.06. The molecule has 0 bridgehead atoms. The van der Waals surface area contributed by atoms with Crippen molar-refractivity contribution in [3.8, 4) is 0 Å². The minimum absolute atomic E-state index is 0.291. The zero-order valence-corrected chi connectivity index (χ0v) is 8.75. The fraction of sp³-hybridized carbons (Fsp3) is 0.583. The summed E-state index contributed by atoms with van der Waals surface area (Å²) in [5, 5.41) is 0. The molecule has 0 aliphatic heterocycles. The highest BCUT2D eigenvalue weighted by Crippen LogP contribution is 1.98. The van der Waals surface area contributed by atoms with E-state index in [0.29, 0.717) is 5.78 Å². The molecule has 0 N–H and O–H groups in total. The van der Waals surface area contributed by atoms with Gasteiger partial charge in [0, 0.05) is 6.42 Å². The van der Waals surface area contributed by atoms with Gasteiger partial charge in [0.2, 0.25) is 0 Å². The van der Waals surface area contributed by atoms with Crippen molar-refractivity contribution < 1.29 is 4.79 Å². The van der Waals surface area contributed by atoms with Crippen LogP contribution in [0.1, 0.15) is 46.0 Å². The van der Waals surface area contributed by atoms with Crippen LogP contribution in [0.25, 0.3) is 0 Å². The van der Waals surface area contributed by atoms with Gasteiger partial charge in [0.1, 0.15) is 5.78 Å². The molecule has 1 heteroatoms. The van der Waals surface area contributed by atoms with Gasteiger partial charge in [-0.25, -0.2) is 0 Å². The van der Waals surface area contributed by atoms with Gasteiger partial charge >= 0.3 is 0 Å². The third-order valence-electron chi connectivity index (χ3n) is 1.74. The highest BCUT2D eigenvalue weighted by Gasteiger charge is 1.89. The Kier molecular flexibility index (Phi) is 8.64. The highest BCUT2D eigenvalue weighted by atomic mass is 16.1. The fourth-order valence-electron chi connectivity index (χ4n) is 1.02. The maximum Gasteiger partial charge on any atom is 0.129 e. The first-order chi connectivity index (χ1) is 6.27. The van der Waals surface area contributed by atoms with E-state index in [1.54, 1.807) is 6.92 Å². The maximum absolute atomic E-state index is 10.6. The van der Waals surface area contributed by atoms with Crippen LogP contribution in [0.4, 0.5) is 0 Å². The highest BCUT2D eigenvalue weighted by molar-refractivity contribution is 5.75. The van der Waals surface area contributed by atoms with Crippen LogP contribution in [0.2, 0.25) is 0 Å². The molecule has 0 heterocycles. The Bertz CT molecular complexity index is 178. The lowest BCUT2D eigenvalue weighted by molar-refractivity contribution is -0.117. The number of Topliss-reactive ketones (excluding diaryl/α,β-unsaturated/α-hetero) is 1. The van der Waals surface area contributed by atoms with Gasteiger partial charge in [-0.05, 0) is 32.6 Å². The van der Waals surface area contributed by atoms with E-state index in [1.165, 1.54) is 0 Å². The number of allylic oxidation sites excluding steroid dienone is 4. The molecule has 0 rings (SSSR count). The van der Waals surface area contributed by atoms with Crippen LogP contribution in [0.5, 0.6) is 0 Å². The molecule has 74 valence electrons. The van der Waals surface area contributed by atoms with Crippen LogP contribution < -0.4 is 0 Å². The lowest BCUT2D eigenvalue weighted by Gasteiger charge is -1.90. The Morgan fingerprint density at radius 3 is 2.46 bits per heavy atom. The first kappa shape index (κ1) is 12.2.